The van der Waals surface area contributed by atoms with E-state index < -0.39 is 0 Å². The van der Waals surface area contributed by atoms with Gasteiger partial charge in [0, 0.05) is 31.9 Å². The lowest BCUT2D eigenvalue weighted by Gasteiger charge is -2.20. The Kier molecular flexibility index (Phi) is 10.5. The highest BCUT2D eigenvalue weighted by Crippen LogP contribution is 2.34. The second-order valence-electron chi connectivity index (χ2n) is 7.06. The zero-order valence-corrected chi connectivity index (χ0v) is 20.6. The summed E-state index contributed by atoms with van der Waals surface area (Å²) in [5.74, 6) is 2.34. The molecule has 8 heteroatoms. The van der Waals surface area contributed by atoms with Gasteiger partial charge >= 0.3 is 0 Å². The van der Waals surface area contributed by atoms with E-state index in [9.17, 15) is 0 Å². The van der Waals surface area contributed by atoms with Crippen molar-refractivity contribution in [1.82, 2.24) is 15.6 Å². The molecule has 0 unspecified atom stereocenters. The molecule has 2 N–H and O–H groups in total. The van der Waals surface area contributed by atoms with Crippen molar-refractivity contribution >= 4 is 41.5 Å². The summed E-state index contributed by atoms with van der Waals surface area (Å²) in [7, 11) is 3.45. The average molecular weight is 545 g/mol. The van der Waals surface area contributed by atoms with Crippen molar-refractivity contribution in [3.63, 3.8) is 0 Å². The summed E-state index contributed by atoms with van der Waals surface area (Å²) in [6, 6.07) is 9.78. The van der Waals surface area contributed by atoms with Gasteiger partial charge in [-0.25, -0.2) is 4.98 Å². The highest BCUT2D eigenvalue weighted by atomic mass is 127. The number of rotatable bonds is 8. The van der Waals surface area contributed by atoms with Crippen LogP contribution in [0.15, 0.2) is 41.5 Å². The van der Waals surface area contributed by atoms with Crippen LogP contribution in [0, 0.1) is 0 Å². The van der Waals surface area contributed by atoms with Gasteiger partial charge in [0.05, 0.1) is 13.2 Å². The summed E-state index contributed by atoms with van der Waals surface area (Å²) >= 11 is 5.83. The minimum Gasteiger partial charge on any atom is -0.493 e. The Morgan fingerprint density at radius 1 is 1.20 bits per heavy atom. The van der Waals surface area contributed by atoms with E-state index >= 15 is 0 Å². The third-order valence-electron chi connectivity index (χ3n) is 5.03. The summed E-state index contributed by atoms with van der Waals surface area (Å²) in [6.45, 7) is 1.34. The molecular weight excluding hydrogens is 515 g/mol. The van der Waals surface area contributed by atoms with Crippen LogP contribution in [0.3, 0.4) is 0 Å². The van der Waals surface area contributed by atoms with Gasteiger partial charge in [-0.05, 0) is 49.8 Å². The van der Waals surface area contributed by atoms with Gasteiger partial charge in [-0.15, -0.1) is 24.0 Å². The first-order valence-corrected chi connectivity index (χ1v) is 10.4. The second kappa shape index (κ2) is 12.8. The first kappa shape index (κ1) is 24.5. The third kappa shape index (κ3) is 7.19. The molecule has 6 nitrogen and oxygen atoms in total. The number of guanidine groups is 1. The highest BCUT2D eigenvalue weighted by molar-refractivity contribution is 14.0. The van der Waals surface area contributed by atoms with E-state index in [4.69, 9.17) is 21.1 Å². The molecule has 1 aromatic carbocycles. The summed E-state index contributed by atoms with van der Waals surface area (Å²) in [4.78, 5) is 8.42. The lowest BCUT2D eigenvalue weighted by Crippen LogP contribution is -2.38. The normalized spacial score (nSPS) is 14.2. The van der Waals surface area contributed by atoms with Crippen molar-refractivity contribution in [3.05, 3.63) is 52.8 Å². The number of ether oxygens (including phenoxy) is 2. The van der Waals surface area contributed by atoms with Gasteiger partial charge in [-0.3, -0.25) is 4.99 Å². The molecule has 1 fully saturated rings. The molecule has 0 atom stereocenters. The van der Waals surface area contributed by atoms with E-state index in [0.29, 0.717) is 11.7 Å². The zero-order chi connectivity index (χ0) is 20.5. The SMILES string of the molecule is CN=C(NCCc1ccc(Cl)nc1)NCc1cccc(OC)c1OC1CCCC1.I. The van der Waals surface area contributed by atoms with Crippen LogP contribution >= 0.6 is 35.6 Å². The number of pyridine rings is 1. The molecule has 0 spiro atoms. The molecule has 0 saturated heterocycles. The number of nitrogens with zero attached hydrogens (tertiary/aromatic N) is 2. The van der Waals surface area contributed by atoms with Crippen LogP contribution in [0.25, 0.3) is 0 Å². The smallest absolute Gasteiger partial charge is 0.191 e. The van der Waals surface area contributed by atoms with E-state index in [1.54, 1.807) is 26.4 Å². The topological polar surface area (TPSA) is 67.8 Å². The van der Waals surface area contributed by atoms with Gasteiger partial charge in [0.1, 0.15) is 5.15 Å². The molecule has 1 aliphatic rings. The predicted octanol–water partition coefficient (Wildman–Crippen LogP) is 4.59. The maximum absolute atomic E-state index is 6.30. The Morgan fingerprint density at radius 3 is 2.67 bits per heavy atom. The molecule has 0 radical (unpaired) electrons. The van der Waals surface area contributed by atoms with Crippen LogP contribution in [-0.2, 0) is 13.0 Å². The van der Waals surface area contributed by atoms with Crippen molar-refractivity contribution in [3.8, 4) is 11.5 Å². The Morgan fingerprint density at radius 2 is 2.00 bits per heavy atom. The first-order chi connectivity index (χ1) is 14.2. The van der Waals surface area contributed by atoms with E-state index in [-0.39, 0.29) is 30.1 Å². The number of hydrogen-bond donors (Lipinski definition) is 2. The van der Waals surface area contributed by atoms with E-state index in [1.165, 1.54) is 12.8 Å². The van der Waals surface area contributed by atoms with Crippen LogP contribution in [0.2, 0.25) is 5.15 Å². The number of nitrogens with one attached hydrogen (secondary N) is 2. The van der Waals surface area contributed by atoms with E-state index in [0.717, 1.165) is 54.4 Å². The van der Waals surface area contributed by atoms with E-state index in [2.05, 4.69) is 26.7 Å². The molecule has 0 aliphatic heterocycles. The summed E-state index contributed by atoms with van der Waals surface area (Å²) in [5, 5.41) is 7.20. The lowest BCUT2D eigenvalue weighted by atomic mass is 10.1. The second-order valence-corrected chi connectivity index (χ2v) is 7.45. The fourth-order valence-electron chi connectivity index (χ4n) is 3.45. The largest absolute Gasteiger partial charge is 0.493 e. The summed E-state index contributed by atoms with van der Waals surface area (Å²) in [5.41, 5.74) is 2.18. The number of para-hydroxylation sites is 1. The Bertz CT molecular complexity index is 811. The molecule has 164 valence electrons. The maximum atomic E-state index is 6.30. The number of aliphatic imine (C=N–C) groups is 1. The van der Waals surface area contributed by atoms with Gasteiger partial charge in [0.25, 0.3) is 0 Å². The summed E-state index contributed by atoms with van der Waals surface area (Å²) in [6.07, 6.45) is 7.57. The molecule has 1 aliphatic carbocycles. The fourth-order valence-corrected chi connectivity index (χ4v) is 3.56. The molecule has 1 saturated carbocycles. The lowest BCUT2D eigenvalue weighted by molar-refractivity contribution is 0.198. The van der Waals surface area contributed by atoms with Gasteiger partial charge in [-0.1, -0.05) is 29.8 Å². The van der Waals surface area contributed by atoms with Crippen molar-refractivity contribution in [2.24, 2.45) is 4.99 Å². The molecule has 2 aromatic rings. The van der Waals surface area contributed by atoms with Crippen molar-refractivity contribution < 1.29 is 9.47 Å². The van der Waals surface area contributed by atoms with E-state index in [1.807, 2.05) is 18.2 Å². The number of halogens is 2. The molecule has 0 amide bonds. The molecule has 1 heterocycles. The highest BCUT2D eigenvalue weighted by Gasteiger charge is 2.20. The fraction of sp³-hybridized carbons (Fsp3) is 0.455. The van der Waals surface area contributed by atoms with Crippen LogP contribution < -0.4 is 20.1 Å². The Hall–Kier alpha value is -1.74. The van der Waals surface area contributed by atoms with Gasteiger partial charge in [0.2, 0.25) is 0 Å². The van der Waals surface area contributed by atoms with Gasteiger partial charge in [0.15, 0.2) is 17.5 Å². The summed E-state index contributed by atoms with van der Waals surface area (Å²) < 4.78 is 11.8. The van der Waals surface area contributed by atoms with Crippen LogP contribution in [0.4, 0.5) is 0 Å². The molecule has 0 bridgehead atoms. The maximum Gasteiger partial charge on any atom is 0.191 e. The Labute approximate surface area is 200 Å². The van der Waals surface area contributed by atoms with Gasteiger partial charge in [-0.2, -0.15) is 0 Å². The number of methoxy groups -OCH3 is 1. The molecular formula is C22H30ClIN4O2. The third-order valence-corrected chi connectivity index (χ3v) is 5.26. The first-order valence-electron chi connectivity index (χ1n) is 10.1. The van der Waals surface area contributed by atoms with Crippen molar-refractivity contribution in [2.75, 3.05) is 20.7 Å². The zero-order valence-electron chi connectivity index (χ0n) is 17.5. The molecule has 30 heavy (non-hydrogen) atoms. The minimum absolute atomic E-state index is 0. The quantitative estimate of drug-likeness (QED) is 0.220. The standard InChI is InChI=1S/C22H29ClN4O2.HI/c1-24-22(25-13-12-16-10-11-20(23)26-14-16)27-15-17-6-5-9-19(28-2)21(17)29-18-7-3-4-8-18;/h5-6,9-11,14,18H,3-4,7-8,12-13,15H2,1-2H3,(H2,24,25,27);1H. The molecule has 1 aromatic heterocycles. The van der Waals surface area contributed by atoms with Gasteiger partial charge < -0.3 is 20.1 Å². The monoisotopic (exact) mass is 544 g/mol. The average Bonchev–Trinajstić information content (AvgIpc) is 3.26. The van der Waals surface area contributed by atoms with Crippen LogP contribution in [0.1, 0.15) is 36.8 Å². The number of aromatic nitrogens is 1. The minimum atomic E-state index is 0. The predicted molar refractivity (Wildman–Crippen MR) is 132 cm³/mol. The van der Waals surface area contributed by atoms with Crippen molar-refractivity contribution in [1.29, 1.82) is 0 Å². The number of hydrogen-bond acceptors (Lipinski definition) is 4. The number of benzene rings is 1. The van der Waals surface area contributed by atoms with Crippen molar-refractivity contribution in [2.45, 2.75) is 44.8 Å². The Balaban J connectivity index is 0.00000320. The van der Waals surface area contributed by atoms with Crippen LogP contribution in [0.5, 0.6) is 11.5 Å². The van der Waals surface area contributed by atoms with Crippen LogP contribution in [-0.4, -0.2) is 37.7 Å². The molecule has 3 rings (SSSR count).